The monoisotopic (exact) mass is 239 g/mol. The first kappa shape index (κ1) is 13.9. The zero-order chi connectivity index (χ0) is 13.2. The van der Waals surface area contributed by atoms with Gasteiger partial charge < -0.3 is 4.57 Å². The number of hydrogen-bond acceptors (Lipinski definition) is 1. The van der Waals surface area contributed by atoms with Crippen LogP contribution in [0.4, 0.5) is 4.39 Å². The van der Waals surface area contributed by atoms with Crippen LogP contribution in [-0.4, -0.2) is 4.57 Å². The summed E-state index contributed by atoms with van der Waals surface area (Å²) in [7, 11) is 0. The highest BCUT2D eigenvalue weighted by molar-refractivity contribution is 5.11. The van der Waals surface area contributed by atoms with Crippen molar-refractivity contribution in [2.45, 2.75) is 47.1 Å². The van der Waals surface area contributed by atoms with E-state index in [0.29, 0.717) is 17.4 Å². The molecule has 0 saturated carbocycles. The van der Waals surface area contributed by atoms with E-state index >= 15 is 0 Å². The van der Waals surface area contributed by atoms with Gasteiger partial charge in [0.1, 0.15) is 5.82 Å². The summed E-state index contributed by atoms with van der Waals surface area (Å²) in [4.78, 5) is 11.9. The first-order chi connectivity index (χ1) is 7.82. The van der Waals surface area contributed by atoms with Crippen molar-refractivity contribution in [1.29, 1.82) is 0 Å². The molecule has 0 amide bonds. The third-order valence-corrected chi connectivity index (χ3v) is 3.06. The van der Waals surface area contributed by atoms with Gasteiger partial charge in [0, 0.05) is 18.3 Å². The van der Waals surface area contributed by atoms with E-state index in [-0.39, 0.29) is 17.4 Å². The third kappa shape index (κ3) is 3.42. The standard InChI is InChI=1S/C14H22FNO/c1-9(2)6-13(10(3)4)16-8-12(15)11(5)7-14(16)17/h7-10,13H,6H2,1-5H3. The van der Waals surface area contributed by atoms with Gasteiger partial charge in [-0.25, -0.2) is 4.39 Å². The predicted molar refractivity (Wildman–Crippen MR) is 68.7 cm³/mol. The summed E-state index contributed by atoms with van der Waals surface area (Å²) in [6, 6.07) is 1.45. The topological polar surface area (TPSA) is 22.0 Å². The van der Waals surface area contributed by atoms with Gasteiger partial charge in [0.05, 0.1) is 0 Å². The van der Waals surface area contributed by atoms with E-state index in [2.05, 4.69) is 27.7 Å². The van der Waals surface area contributed by atoms with E-state index in [4.69, 9.17) is 0 Å². The minimum Gasteiger partial charge on any atom is -0.309 e. The molecule has 0 fully saturated rings. The lowest BCUT2D eigenvalue weighted by Crippen LogP contribution is -2.29. The SMILES string of the molecule is Cc1cc(=O)n(C(CC(C)C)C(C)C)cc1F. The first-order valence-electron chi connectivity index (χ1n) is 6.21. The average Bonchev–Trinajstić information content (AvgIpc) is 2.20. The Bertz CT molecular complexity index is 434. The maximum Gasteiger partial charge on any atom is 0.251 e. The minimum atomic E-state index is -0.306. The van der Waals surface area contributed by atoms with Gasteiger partial charge in [0.15, 0.2) is 0 Å². The molecule has 2 nitrogen and oxygen atoms in total. The number of rotatable bonds is 4. The molecule has 0 spiro atoms. The van der Waals surface area contributed by atoms with Gasteiger partial charge in [0.2, 0.25) is 0 Å². The van der Waals surface area contributed by atoms with Crippen LogP contribution < -0.4 is 5.56 Å². The Kier molecular flexibility index (Phi) is 4.49. The fourth-order valence-electron chi connectivity index (χ4n) is 2.07. The molecule has 17 heavy (non-hydrogen) atoms. The second-order valence-corrected chi connectivity index (χ2v) is 5.49. The summed E-state index contributed by atoms with van der Waals surface area (Å²) in [6.07, 6.45) is 2.24. The lowest BCUT2D eigenvalue weighted by Gasteiger charge is -2.25. The van der Waals surface area contributed by atoms with Crippen LogP contribution in [0.2, 0.25) is 0 Å². The van der Waals surface area contributed by atoms with Crippen LogP contribution in [0.3, 0.4) is 0 Å². The third-order valence-electron chi connectivity index (χ3n) is 3.06. The number of nitrogens with zero attached hydrogens (tertiary/aromatic N) is 1. The Balaban J connectivity index is 3.19. The number of aryl methyl sites for hydroxylation is 1. The largest absolute Gasteiger partial charge is 0.309 e. The smallest absolute Gasteiger partial charge is 0.251 e. The maximum absolute atomic E-state index is 13.6. The van der Waals surface area contributed by atoms with Crippen molar-refractivity contribution in [2.24, 2.45) is 11.8 Å². The number of halogens is 1. The molecule has 0 aromatic carbocycles. The molecule has 0 aliphatic rings. The first-order valence-corrected chi connectivity index (χ1v) is 6.21. The van der Waals surface area contributed by atoms with Gasteiger partial charge in [-0.2, -0.15) is 0 Å². The zero-order valence-corrected chi connectivity index (χ0v) is 11.3. The van der Waals surface area contributed by atoms with Crippen LogP contribution in [0.1, 0.15) is 45.7 Å². The van der Waals surface area contributed by atoms with Gasteiger partial charge >= 0.3 is 0 Å². The summed E-state index contributed by atoms with van der Waals surface area (Å²) < 4.78 is 15.1. The van der Waals surface area contributed by atoms with E-state index in [9.17, 15) is 9.18 Å². The Morgan fingerprint density at radius 2 is 1.88 bits per heavy atom. The fourth-order valence-corrected chi connectivity index (χ4v) is 2.07. The van der Waals surface area contributed by atoms with Gasteiger partial charge in [0.25, 0.3) is 5.56 Å². The molecule has 0 N–H and O–H groups in total. The van der Waals surface area contributed by atoms with Gasteiger partial charge in [-0.05, 0) is 30.7 Å². The zero-order valence-electron chi connectivity index (χ0n) is 11.3. The molecule has 0 saturated heterocycles. The molecule has 1 aromatic rings. The molecule has 1 aromatic heterocycles. The van der Waals surface area contributed by atoms with Crippen LogP contribution in [0.15, 0.2) is 17.1 Å². The summed E-state index contributed by atoms with van der Waals surface area (Å²) >= 11 is 0. The van der Waals surface area contributed by atoms with E-state index in [1.807, 2.05) is 0 Å². The predicted octanol–water partition coefficient (Wildman–Crippen LogP) is 3.54. The number of pyridine rings is 1. The molecule has 1 rings (SSSR count). The number of hydrogen-bond donors (Lipinski definition) is 0. The summed E-state index contributed by atoms with van der Waals surface area (Å²) in [5.41, 5.74) is 0.307. The van der Waals surface area contributed by atoms with E-state index in [1.165, 1.54) is 12.3 Å². The molecule has 1 atom stereocenters. The second-order valence-electron chi connectivity index (χ2n) is 5.49. The van der Waals surface area contributed by atoms with E-state index < -0.39 is 0 Å². The van der Waals surface area contributed by atoms with Crippen LogP contribution in [-0.2, 0) is 0 Å². The molecule has 96 valence electrons. The second kappa shape index (κ2) is 5.48. The molecule has 1 heterocycles. The van der Waals surface area contributed by atoms with Crippen molar-refractivity contribution < 1.29 is 4.39 Å². The molecule has 0 aliphatic heterocycles. The lowest BCUT2D eigenvalue weighted by atomic mass is 9.94. The van der Waals surface area contributed by atoms with E-state index in [1.54, 1.807) is 11.5 Å². The Hall–Kier alpha value is -1.12. The van der Waals surface area contributed by atoms with Crippen molar-refractivity contribution in [3.8, 4) is 0 Å². The maximum atomic E-state index is 13.6. The Labute approximate surface area is 102 Å². The van der Waals surface area contributed by atoms with Crippen LogP contribution >= 0.6 is 0 Å². The summed E-state index contributed by atoms with van der Waals surface area (Å²) in [5.74, 6) is 0.495. The highest BCUT2D eigenvalue weighted by Gasteiger charge is 2.19. The molecule has 0 radical (unpaired) electrons. The number of aromatic nitrogens is 1. The van der Waals surface area contributed by atoms with Crippen molar-refractivity contribution in [1.82, 2.24) is 4.57 Å². The quantitative estimate of drug-likeness (QED) is 0.787. The van der Waals surface area contributed by atoms with Crippen molar-refractivity contribution in [3.63, 3.8) is 0 Å². The summed E-state index contributed by atoms with van der Waals surface area (Å²) in [6.45, 7) is 9.98. The molecule has 3 heteroatoms. The van der Waals surface area contributed by atoms with Crippen LogP contribution in [0, 0.1) is 24.6 Å². The minimum absolute atomic E-state index is 0.0672. The van der Waals surface area contributed by atoms with Gasteiger partial charge in [-0.15, -0.1) is 0 Å². The van der Waals surface area contributed by atoms with Gasteiger partial charge in [-0.3, -0.25) is 4.79 Å². The molecular weight excluding hydrogens is 217 g/mol. The van der Waals surface area contributed by atoms with Gasteiger partial charge in [-0.1, -0.05) is 27.7 Å². The Morgan fingerprint density at radius 3 is 2.35 bits per heavy atom. The van der Waals surface area contributed by atoms with Crippen molar-refractivity contribution in [3.05, 3.63) is 34.0 Å². The fraction of sp³-hybridized carbons (Fsp3) is 0.643. The van der Waals surface area contributed by atoms with Crippen LogP contribution in [0.5, 0.6) is 0 Å². The summed E-state index contributed by atoms with van der Waals surface area (Å²) in [5, 5.41) is 0. The molecule has 0 aliphatic carbocycles. The molecule has 0 bridgehead atoms. The van der Waals surface area contributed by atoms with Crippen molar-refractivity contribution in [2.75, 3.05) is 0 Å². The average molecular weight is 239 g/mol. The highest BCUT2D eigenvalue weighted by Crippen LogP contribution is 2.24. The molecule has 1 unspecified atom stereocenters. The van der Waals surface area contributed by atoms with E-state index in [0.717, 1.165) is 6.42 Å². The normalized spacial score (nSPS) is 13.4. The lowest BCUT2D eigenvalue weighted by molar-refractivity contribution is 0.304. The Morgan fingerprint density at radius 1 is 1.29 bits per heavy atom. The highest BCUT2D eigenvalue weighted by atomic mass is 19.1. The van der Waals surface area contributed by atoms with Crippen molar-refractivity contribution >= 4 is 0 Å². The van der Waals surface area contributed by atoms with Crippen LogP contribution in [0.25, 0.3) is 0 Å². The molecular formula is C14H22FNO.